The third-order valence-corrected chi connectivity index (χ3v) is 3.59. The second kappa shape index (κ2) is 4.89. The van der Waals surface area contributed by atoms with Crippen molar-refractivity contribution < 1.29 is 9.47 Å². The summed E-state index contributed by atoms with van der Waals surface area (Å²) < 4.78 is 11.9. The largest absolute Gasteiger partial charge is 0.493 e. The molecule has 19 heavy (non-hydrogen) atoms. The Morgan fingerprint density at radius 3 is 3.05 bits per heavy atom. The van der Waals surface area contributed by atoms with E-state index in [1.807, 2.05) is 12.1 Å². The maximum atomic E-state index is 6.16. The molecule has 3 heteroatoms. The summed E-state index contributed by atoms with van der Waals surface area (Å²) in [6, 6.07) is 6.08. The van der Waals surface area contributed by atoms with Crippen molar-refractivity contribution in [3.63, 3.8) is 0 Å². The number of fused-ring (bicyclic) bond motifs is 1. The van der Waals surface area contributed by atoms with Gasteiger partial charge in [0.25, 0.3) is 0 Å². The summed E-state index contributed by atoms with van der Waals surface area (Å²) in [5.74, 6) is 2.42. The van der Waals surface area contributed by atoms with Crippen LogP contribution in [-0.4, -0.2) is 25.3 Å². The molecule has 2 aliphatic rings. The van der Waals surface area contributed by atoms with Crippen LogP contribution in [0.15, 0.2) is 24.3 Å². The third kappa shape index (κ3) is 2.61. The van der Waals surface area contributed by atoms with E-state index in [1.165, 1.54) is 0 Å². The third-order valence-electron chi connectivity index (χ3n) is 3.59. The van der Waals surface area contributed by atoms with E-state index in [0.717, 1.165) is 43.2 Å². The van der Waals surface area contributed by atoms with Gasteiger partial charge in [-0.1, -0.05) is 19.9 Å². The molecule has 0 amide bonds. The minimum absolute atomic E-state index is 0.132. The molecule has 0 aromatic heterocycles. The molecule has 1 atom stereocenters. The fraction of sp³-hybridized carbons (Fsp3) is 0.500. The van der Waals surface area contributed by atoms with Crippen LogP contribution < -0.4 is 14.8 Å². The molecule has 1 fully saturated rings. The lowest BCUT2D eigenvalue weighted by atomic mass is 9.97. The van der Waals surface area contributed by atoms with Crippen molar-refractivity contribution >= 4 is 6.08 Å². The highest BCUT2D eigenvalue weighted by Crippen LogP contribution is 2.36. The monoisotopic (exact) mass is 259 g/mol. The van der Waals surface area contributed by atoms with Gasteiger partial charge >= 0.3 is 0 Å². The lowest BCUT2D eigenvalue weighted by molar-refractivity contribution is 0.139. The molecule has 1 aromatic carbocycles. The van der Waals surface area contributed by atoms with Crippen molar-refractivity contribution in [2.75, 3.05) is 19.7 Å². The number of ether oxygens (including phenoxy) is 2. The molecule has 1 aromatic rings. The van der Waals surface area contributed by atoms with Crippen LogP contribution in [0.4, 0.5) is 0 Å². The number of nitrogens with one attached hydrogen (secondary N) is 1. The summed E-state index contributed by atoms with van der Waals surface area (Å²) >= 11 is 0. The van der Waals surface area contributed by atoms with Gasteiger partial charge in [0.05, 0.1) is 6.61 Å². The smallest absolute Gasteiger partial charge is 0.141 e. The van der Waals surface area contributed by atoms with Crippen LogP contribution in [0.3, 0.4) is 0 Å². The quantitative estimate of drug-likeness (QED) is 0.905. The Morgan fingerprint density at radius 1 is 1.42 bits per heavy atom. The van der Waals surface area contributed by atoms with Gasteiger partial charge in [-0.2, -0.15) is 0 Å². The highest BCUT2D eigenvalue weighted by molar-refractivity contribution is 5.63. The second-order valence-electron chi connectivity index (χ2n) is 5.83. The minimum Gasteiger partial charge on any atom is -0.493 e. The molecule has 3 nitrogen and oxygen atoms in total. The highest BCUT2D eigenvalue weighted by atomic mass is 16.5. The number of rotatable bonds is 3. The van der Waals surface area contributed by atoms with Gasteiger partial charge in [-0.3, -0.25) is 0 Å². The maximum absolute atomic E-state index is 6.16. The summed E-state index contributed by atoms with van der Waals surface area (Å²) in [5.41, 5.74) is 0.978. The van der Waals surface area contributed by atoms with Gasteiger partial charge in [0.2, 0.25) is 0 Å². The Labute approximate surface area is 114 Å². The lowest BCUT2D eigenvalue weighted by Crippen LogP contribution is -2.37. The van der Waals surface area contributed by atoms with Gasteiger partial charge in [-0.15, -0.1) is 0 Å². The van der Waals surface area contributed by atoms with Gasteiger partial charge in [0.1, 0.15) is 17.1 Å². The van der Waals surface area contributed by atoms with Crippen molar-refractivity contribution in [2.45, 2.75) is 25.9 Å². The predicted molar refractivity (Wildman–Crippen MR) is 76.7 cm³/mol. The molecule has 1 N–H and O–H groups in total. The van der Waals surface area contributed by atoms with Crippen molar-refractivity contribution in [2.24, 2.45) is 5.92 Å². The van der Waals surface area contributed by atoms with Gasteiger partial charge < -0.3 is 14.8 Å². The van der Waals surface area contributed by atoms with Gasteiger partial charge in [0.15, 0.2) is 0 Å². The first-order valence-corrected chi connectivity index (χ1v) is 7.03. The normalized spacial score (nSPS) is 24.6. The van der Waals surface area contributed by atoms with Crippen LogP contribution in [0, 0.1) is 5.92 Å². The summed E-state index contributed by atoms with van der Waals surface area (Å²) in [7, 11) is 0. The molecule has 1 unspecified atom stereocenters. The standard InChI is InChI=1S/C16H21NO2/c1-12(2)10-18-14-3-4-15-13(9-14)5-6-16(19-15)7-8-17-11-16/h3-6,9,12,17H,7-8,10-11H2,1-2H3. The Bertz CT molecular complexity index is 488. The molecule has 3 rings (SSSR count). The molecule has 0 saturated carbocycles. The van der Waals surface area contributed by atoms with E-state index < -0.39 is 0 Å². The lowest BCUT2D eigenvalue weighted by Gasteiger charge is -2.30. The van der Waals surface area contributed by atoms with Gasteiger partial charge in [-0.25, -0.2) is 0 Å². The Balaban J connectivity index is 1.77. The zero-order chi connectivity index (χ0) is 13.3. The van der Waals surface area contributed by atoms with Crippen molar-refractivity contribution in [1.29, 1.82) is 0 Å². The van der Waals surface area contributed by atoms with Crippen LogP contribution in [0.2, 0.25) is 0 Å². The number of hydrogen-bond acceptors (Lipinski definition) is 3. The molecule has 1 saturated heterocycles. The van der Waals surface area contributed by atoms with E-state index in [9.17, 15) is 0 Å². The maximum Gasteiger partial charge on any atom is 0.141 e. The van der Waals surface area contributed by atoms with Gasteiger partial charge in [-0.05, 0) is 36.7 Å². The molecule has 1 spiro atoms. The second-order valence-corrected chi connectivity index (χ2v) is 5.83. The average Bonchev–Trinajstić information content (AvgIpc) is 2.84. The highest BCUT2D eigenvalue weighted by Gasteiger charge is 2.35. The van der Waals surface area contributed by atoms with E-state index in [-0.39, 0.29) is 5.60 Å². The summed E-state index contributed by atoms with van der Waals surface area (Å²) in [5, 5.41) is 3.36. The number of benzene rings is 1. The van der Waals surface area contributed by atoms with Crippen molar-refractivity contribution in [1.82, 2.24) is 5.32 Å². The molecule has 2 aliphatic heterocycles. The Morgan fingerprint density at radius 2 is 2.32 bits per heavy atom. The fourth-order valence-corrected chi connectivity index (χ4v) is 2.51. The molecule has 0 radical (unpaired) electrons. The summed E-state index contributed by atoms with van der Waals surface area (Å²) in [6.45, 7) is 6.97. The Hall–Kier alpha value is -1.48. The minimum atomic E-state index is -0.132. The molecular weight excluding hydrogens is 238 g/mol. The molecule has 0 aliphatic carbocycles. The van der Waals surface area contributed by atoms with Crippen LogP contribution in [-0.2, 0) is 0 Å². The van der Waals surface area contributed by atoms with E-state index >= 15 is 0 Å². The summed E-state index contributed by atoms with van der Waals surface area (Å²) in [6.07, 6.45) is 5.38. The molecule has 2 heterocycles. The predicted octanol–water partition coefficient (Wildman–Crippen LogP) is 2.86. The first kappa shape index (κ1) is 12.5. The zero-order valence-corrected chi connectivity index (χ0v) is 11.6. The van der Waals surface area contributed by atoms with Gasteiger partial charge in [0, 0.05) is 18.5 Å². The first-order valence-electron chi connectivity index (χ1n) is 7.03. The van der Waals surface area contributed by atoms with E-state index in [2.05, 4.69) is 37.4 Å². The van der Waals surface area contributed by atoms with Crippen LogP contribution in [0.5, 0.6) is 11.5 Å². The molecule has 102 valence electrons. The SMILES string of the molecule is CC(C)COc1ccc2c(c1)C=CC1(CCNC1)O2. The molecule has 0 bridgehead atoms. The average molecular weight is 259 g/mol. The van der Waals surface area contributed by atoms with Crippen LogP contribution >= 0.6 is 0 Å². The Kier molecular flexibility index (Phi) is 3.23. The van der Waals surface area contributed by atoms with E-state index in [1.54, 1.807) is 0 Å². The van der Waals surface area contributed by atoms with Crippen molar-refractivity contribution in [3.8, 4) is 11.5 Å². The first-order chi connectivity index (χ1) is 9.17. The van der Waals surface area contributed by atoms with E-state index in [0.29, 0.717) is 5.92 Å². The topological polar surface area (TPSA) is 30.5 Å². The zero-order valence-electron chi connectivity index (χ0n) is 11.6. The molecular formula is C16H21NO2. The van der Waals surface area contributed by atoms with Crippen LogP contribution in [0.25, 0.3) is 6.08 Å². The number of hydrogen-bond donors (Lipinski definition) is 1. The van der Waals surface area contributed by atoms with Crippen molar-refractivity contribution in [3.05, 3.63) is 29.8 Å². The fourth-order valence-electron chi connectivity index (χ4n) is 2.51. The van der Waals surface area contributed by atoms with E-state index in [4.69, 9.17) is 9.47 Å². The van der Waals surface area contributed by atoms with Crippen LogP contribution in [0.1, 0.15) is 25.8 Å². The summed E-state index contributed by atoms with van der Waals surface area (Å²) in [4.78, 5) is 0.